The molecule has 0 aliphatic carbocycles. The Morgan fingerprint density at radius 1 is 1.08 bits per heavy atom. The average Bonchev–Trinajstić information content (AvgIpc) is 2.88. The van der Waals surface area contributed by atoms with E-state index >= 15 is 0 Å². The second-order valence-electron chi connectivity index (χ2n) is 5.96. The predicted molar refractivity (Wildman–Crippen MR) is 100 cm³/mol. The summed E-state index contributed by atoms with van der Waals surface area (Å²) in [6.07, 6.45) is 1.11. The Morgan fingerprint density at radius 2 is 1.92 bits per heavy atom. The molecule has 0 saturated carbocycles. The number of nitrogens with zero attached hydrogens (tertiary/aromatic N) is 1. The van der Waals surface area contributed by atoms with Crippen LogP contribution in [0.15, 0.2) is 42.5 Å². The van der Waals surface area contributed by atoms with E-state index in [0.717, 1.165) is 43.9 Å². The third kappa shape index (κ3) is 3.86. The van der Waals surface area contributed by atoms with Gasteiger partial charge in [0.1, 0.15) is 5.75 Å². The summed E-state index contributed by atoms with van der Waals surface area (Å²) >= 11 is 12.9. The van der Waals surface area contributed by atoms with Gasteiger partial charge in [-0.05, 0) is 42.3 Å². The Hall–Kier alpha value is -1.26. The summed E-state index contributed by atoms with van der Waals surface area (Å²) in [5.41, 5.74) is 2.21. The quantitative estimate of drug-likeness (QED) is 0.870. The molecule has 0 aromatic heterocycles. The first-order valence-corrected chi connectivity index (χ1v) is 8.99. The first kappa shape index (κ1) is 17.6. The monoisotopic (exact) mass is 364 g/mol. The molecular weight excluding hydrogens is 343 g/mol. The summed E-state index contributed by atoms with van der Waals surface area (Å²) in [4.78, 5) is 2.46. The molecule has 0 amide bonds. The van der Waals surface area contributed by atoms with Gasteiger partial charge in [0.25, 0.3) is 0 Å². The van der Waals surface area contributed by atoms with Crippen molar-refractivity contribution >= 4 is 23.2 Å². The maximum atomic E-state index is 6.57. The van der Waals surface area contributed by atoms with E-state index in [1.807, 2.05) is 24.3 Å². The van der Waals surface area contributed by atoms with E-state index in [4.69, 9.17) is 27.9 Å². The van der Waals surface area contributed by atoms with Gasteiger partial charge in [-0.1, -0.05) is 47.5 Å². The largest absolute Gasteiger partial charge is 0.497 e. The Bertz CT molecular complexity index is 685. The molecule has 0 spiro atoms. The van der Waals surface area contributed by atoms with E-state index in [0.29, 0.717) is 10.0 Å². The minimum absolute atomic E-state index is 0.0613. The molecule has 24 heavy (non-hydrogen) atoms. The molecule has 1 aliphatic rings. The minimum Gasteiger partial charge on any atom is -0.497 e. The fourth-order valence-electron chi connectivity index (χ4n) is 3.26. The highest BCUT2D eigenvalue weighted by Crippen LogP contribution is 2.37. The van der Waals surface area contributed by atoms with Crippen molar-refractivity contribution in [3.8, 4) is 5.75 Å². The zero-order valence-electron chi connectivity index (χ0n) is 13.8. The van der Waals surface area contributed by atoms with Crippen molar-refractivity contribution in [3.63, 3.8) is 0 Å². The molecule has 0 radical (unpaired) electrons. The zero-order valence-corrected chi connectivity index (χ0v) is 15.3. The highest BCUT2D eigenvalue weighted by atomic mass is 35.5. The molecule has 1 aliphatic heterocycles. The van der Waals surface area contributed by atoms with Crippen molar-refractivity contribution in [2.24, 2.45) is 0 Å². The van der Waals surface area contributed by atoms with Crippen LogP contribution in [0.2, 0.25) is 10.0 Å². The minimum atomic E-state index is 0.0613. The second-order valence-corrected chi connectivity index (χ2v) is 6.75. The van der Waals surface area contributed by atoms with Gasteiger partial charge in [0.2, 0.25) is 0 Å². The van der Waals surface area contributed by atoms with E-state index < -0.39 is 0 Å². The van der Waals surface area contributed by atoms with Crippen molar-refractivity contribution in [1.82, 2.24) is 10.2 Å². The van der Waals surface area contributed by atoms with Crippen LogP contribution in [0.3, 0.4) is 0 Å². The van der Waals surface area contributed by atoms with Gasteiger partial charge in [-0.25, -0.2) is 0 Å². The summed E-state index contributed by atoms with van der Waals surface area (Å²) in [7, 11) is 1.69. The zero-order chi connectivity index (χ0) is 16.9. The number of ether oxygens (including phenoxy) is 1. The number of methoxy groups -OCH3 is 1. The van der Waals surface area contributed by atoms with Crippen LogP contribution in [0.4, 0.5) is 0 Å². The van der Waals surface area contributed by atoms with Gasteiger partial charge in [0, 0.05) is 19.6 Å². The topological polar surface area (TPSA) is 24.5 Å². The number of nitrogens with one attached hydrogen (secondary N) is 1. The van der Waals surface area contributed by atoms with E-state index in [1.165, 1.54) is 5.56 Å². The molecule has 3 rings (SSSR count). The van der Waals surface area contributed by atoms with Gasteiger partial charge < -0.3 is 10.1 Å². The lowest BCUT2D eigenvalue weighted by Crippen LogP contribution is -2.33. The van der Waals surface area contributed by atoms with Crippen LogP contribution < -0.4 is 10.1 Å². The number of benzene rings is 2. The fraction of sp³-hybridized carbons (Fsp3) is 0.368. The normalized spacial score (nSPS) is 17.3. The molecular formula is C19H22Cl2N2O. The van der Waals surface area contributed by atoms with Gasteiger partial charge in [0.05, 0.1) is 23.2 Å². The molecule has 1 N–H and O–H groups in total. The van der Waals surface area contributed by atoms with E-state index in [2.05, 4.69) is 28.4 Å². The average molecular weight is 365 g/mol. The highest BCUT2D eigenvalue weighted by molar-refractivity contribution is 6.42. The summed E-state index contributed by atoms with van der Waals surface area (Å²) < 4.78 is 5.42. The molecule has 2 aromatic rings. The summed E-state index contributed by atoms with van der Waals surface area (Å²) in [5, 5.41) is 4.68. The molecule has 128 valence electrons. The molecule has 5 heteroatoms. The Balaban J connectivity index is 2.07. The van der Waals surface area contributed by atoms with E-state index in [9.17, 15) is 0 Å². The van der Waals surface area contributed by atoms with Crippen molar-refractivity contribution in [2.75, 3.05) is 33.3 Å². The summed E-state index contributed by atoms with van der Waals surface area (Å²) in [5.74, 6) is 0.851. The number of hydrogen-bond acceptors (Lipinski definition) is 3. The standard InChI is InChI=1S/C19H22Cl2N2O/c1-24-15-6-2-5-14(13-15)19(23-11-4-9-22-10-12-23)16-7-3-8-17(20)18(16)21/h2-3,5-8,13,19,22H,4,9-12H2,1H3. The van der Waals surface area contributed by atoms with Gasteiger partial charge in [-0.3, -0.25) is 4.90 Å². The van der Waals surface area contributed by atoms with E-state index in [1.54, 1.807) is 7.11 Å². The van der Waals surface area contributed by atoms with Crippen LogP contribution in [-0.2, 0) is 0 Å². The lowest BCUT2D eigenvalue weighted by atomic mass is 9.96. The molecule has 1 fully saturated rings. The van der Waals surface area contributed by atoms with Crippen LogP contribution in [0.25, 0.3) is 0 Å². The Labute approximate surface area is 153 Å². The highest BCUT2D eigenvalue weighted by Gasteiger charge is 2.26. The van der Waals surface area contributed by atoms with Gasteiger partial charge in [-0.15, -0.1) is 0 Å². The lowest BCUT2D eigenvalue weighted by Gasteiger charge is -2.32. The fourth-order valence-corrected chi connectivity index (χ4v) is 3.67. The van der Waals surface area contributed by atoms with Gasteiger partial charge in [0.15, 0.2) is 0 Å². The van der Waals surface area contributed by atoms with Crippen LogP contribution in [0, 0.1) is 0 Å². The summed E-state index contributed by atoms with van der Waals surface area (Å²) in [6, 6.07) is 14.1. The van der Waals surface area contributed by atoms with Crippen LogP contribution in [0.5, 0.6) is 5.75 Å². The maximum absolute atomic E-state index is 6.57. The van der Waals surface area contributed by atoms with Crippen LogP contribution >= 0.6 is 23.2 Å². The first-order chi connectivity index (χ1) is 11.7. The van der Waals surface area contributed by atoms with Crippen molar-refractivity contribution in [1.29, 1.82) is 0 Å². The van der Waals surface area contributed by atoms with Crippen LogP contribution in [-0.4, -0.2) is 38.2 Å². The Kier molecular flexibility index (Phi) is 6.01. The molecule has 1 unspecified atom stereocenters. The molecule has 3 nitrogen and oxygen atoms in total. The SMILES string of the molecule is COc1cccc(C(c2cccc(Cl)c2Cl)N2CCCNCC2)c1. The van der Waals surface area contributed by atoms with Crippen LogP contribution in [0.1, 0.15) is 23.6 Å². The first-order valence-electron chi connectivity index (χ1n) is 8.23. The number of halogens is 2. The molecule has 0 bridgehead atoms. The second kappa shape index (κ2) is 8.21. The third-order valence-electron chi connectivity index (χ3n) is 4.43. The third-order valence-corrected chi connectivity index (χ3v) is 5.26. The number of rotatable bonds is 4. The molecule has 2 aromatic carbocycles. The molecule has 1 heterocycles. The predicted octanol–water partition coefficient (Wildman–Crippen LogP) is 4.39. The van der Waals surface area contributed by atoms with Crippen molar-refractivity contribution in [3.05, 3.63) is 63.6 Å². The Morgan fingerprint density at radius 3 is 2.75 bits per heavy atom. The maximum Gasteiger partial charge on any atom is 0.119 e. The number of hydrogen-bond donors (Lipinski definition) is 1. The van der Waals surface area contributed by atoms with Crippen molar-refractivity contribution < 1.29 is 4.74 Å². The molecule has 1 saturated heterocycles. The molecule has 1 atom stereocenters. The van der Waals surface area contributed by atoms with Gasteiger partial charge in [-0.2, -0.15) is 0 Å². The van der Waals surface area contributed by atoms with Crippen molar-refractivity contribution in [2.45, 2.75) is 12.5 Å². The lowest BCUT2D eigenvalue weighted by molar-refractivity contribution is 0.240. The smallest absolute Gasteiger partial charge is 0.119 e. The van der Waals surface area contributed by atoms with E-state index in [-0.39, 0.29) is 6.04 Å². The van der Waals surface area contributed by atoms with Gasteiger partial charge >= 0.3 is 0 Å². The summed E-state index contributed by atoms with van der Waals surface area (Å²) in [6.45, 7) is 3.99.